The number of hydrogen-bond donors (Lipinski definition) is 2. The standard InChI is InChI=1S/C29H41N5O5/c1-28(2,3)39-27(36)31-17-16-30-26(35)14-15-29(34(37)38)22-32(20-24-10-6-4-7-11-24)18-19-33(23-29)21-25-12-8-5-9-13-25/h4-13H,14-23H2,1-3H3,(H,30,35)(H,31,36). The molecule has 2 N–H and O–H groups in total. The topological polar surface area (TPSA) is 117 Å². The second kappa shape index (κ2) is 14.0. The molecule has 0 spiro atoms. The summed E-state index contributed by atoms with van der Waals surface area (Å²) in [5.41, 5.74) is 0.292. The molecule has 39 heavy (non-hydrogen) atoms. The Morgan fingerprint density at radius 1 is 0.897 bits per heavy atom. The Hall–Kier alpha value is -3.50. The number of alkyl carbamates (subject to hydrolysis) is 1. The molecule has 1 aliphatic heterocycles. The quantitative estimate of drug-likeness (QED) is 0.255. The fraction of sp³-hybridized carbons (Fsp3) is 0.517. The van der Waals surface area contributed by atoms with E-state index in [1.807, 2.05) is 60.7 Å². The lowest BCUT2D eigenvalue weighted by Crippen LogP contribution is -2.53. The molecule has 0 saturated carbocycles. The Kier molecular flexibility index (Phi) is 10.8. The maximum atomic E-state index is 12.7. The van der Waals surface area contributed by atoms with Crippen LogP contribution in [0.5, 0.6) is 0 Å². The number of carbonyl (C=O) groups excluding carboxylic acids is 2. The molecule has 0 aliphatic carbocycles. The van der Waals surface area contributed by atoms with Crippen molar-refractivity contribution in [1.82, 2.24) is 20.4 Å². The van der Waals surface area contributed by atoms with Gasteiger partial charge in [0.1, 0.15) is 5.60 Å². The van der Waals surface area contributed by atoms with Crippen molar-refractivity contribution in [3.63, 3.8) is 0 Å². The van der Waals surface area contributed by atoms with Crippen LogP contribution in [0.1, 0.15) is 44.7 Å². The summed E-state index contributed by atoms with van der Waals surface area (Å²) >= 11 is 0. The Morgan fingerprint density at radius 2 is 1.38 bits per heavy atom. The number of nitro groups is 1. The van der Waals surface area contributed by atoms with Gasteiger partial charge in [-0.2, -0.15) is 0 Å². The molecule has 1 heterocycles. The van der Waals surface area contributed by atoms with Gasteiger partial charge in [-0.25, -0.2) is 4.79 Å². The third kappa shape index (κ3) is 10.3. The third-order valence-electron chi connectivity index (χ3n) is 6.59. The number of nitrogens with one attached hydrogen (secondary N) is 2. The molecule has 212 valence electrons. The Labute approximate surface area is 230 Å². The van der Waals surface area contributed by atoms with Gasteiger partial charge < -0.3 is 15.4 Å². The van der Waals surface area contributed by atoms with E-state index >= 15 is 0 Å². The lowest BCUT2D eigenvalue weighted by Gasteiger charge is -2.30. The highest BCUT2D eigenvalue weighted by atomic mass is 16.6. The highest BCUT2D eigenvalue weighted by molar-refractivity contribution is 5.76. The van der Waals surface area contributed by atoms with Gasteiger partial charge in [0, 0.05) is 57.0 Å². The molecular formula is C29H41N5O5. The van der Waals surface area contributed by atoms with Gasteiger partial charge in [0.15, 0.2) is 0 Å². The molecule has 10 heteroatoms. The first-order valence-electron chi connectivity index (χ1n) is 13.5. The van der Waals surface area contributed by atoms with Gasteiger partial charge >= 0.3 is 6.09 Å². The van der Waals surface area contributed by atoms with Gasteiger partial charge in [0.05, 0.1) is 13.1 Å². The van der Waals surface area contributed by atoms with E-state index < -0.39 is 17.2 Å². The van der Waals surface area contributed by atoms with Crippen LogP contribution in [-0.4, -0.2) is 77.1 Å². The molecule has 0 aromatic heterocycles. The molecule has 1 saturated heterocycles. The summed E-state index contributed by atoms with van der Waals surface area (Å²) in [5.74, 6) is -0.282. The summed E-state index contributed by atoms with van der Waals surface area (Å²) in [6.45, 7) is 8.86. The number of carbonyl (C=O) groups is 2. The molecule has 0 atom stereocenters. The number of rotatable bonds is 11. The van der Waals surface area contributed by atoms with Crippen LogP contribution in [0, 0.1) is 10.1 Å². The Bertz CT molecular complexity index is 1020. The molecule has 0 radical (unpaired) electrons. The zero-order valence-corrected chi connectivity index (χ0v) is 23.2. The minimum Gasteiger partial charge on any atom is -0.444 e. The first kappa shape index (κ1) is 30.0. The molecule has 2 aromatic carbocycles. The first-order chi connectivity index (χ1) is 18.5. The maximum Gasteiger partial charge on any atom is 0.407 e. The van der Waals surface area contributed by atoms with E-state index in [1.165, 1.54) is 0 Å². The van der Waals surface area contributed by atoms with Crippen molar-refractivity contribution in [2.45, 2.75) is 57.8 Å². The van der Waals surface area contributed by atoms with Crippen LogP contribution in [0.15, 0.2) is 60.7 Å². The summed E-state index contributed by atoms with van der Waals surface area (Å²) in [4.78, 5) is 41.1. The van der Waals surface area contributed by atoms with Gasteiger partial charge in [0.2, 0.25) is 11.4 Å². The summed E-state index contributed by atoms with van der Waals surface area (Å²) in [5, 5.41) is 18.0. The second-order valence-corrected chi connectivity index (χ2v) is 11.2. The zero-order chi connectivity index (χ0) is 28.3. The lowest BCUT2D eigenvalue weighted by molar-refractivity contribution is -0.571. The van der Waals surface area contributed by atoms with Gasteiger partial charge in [-0.05, 0) is 31.9 Å². The minimum atomic E-state index is -1.30. The SMILES string of the molecule is CC(C)(C)OC(=O)NCCNC(=O)CCC1([N+](=O)[O-])CN(Cc2ccccc2)CCN(Cc2ccccc2)C1. The molecule has 0 bridgehead atoms. The highest BCUT2D eigenvalue weighted by Gasteiger charge is 2.47. The third-order valence-corrected chi connectivity index (χ3v) is 6.59. The molecule has 2 amide bonds. The Balaban J connectivity index is 1.64. The smallest absolute Gasteiger partial charge is 0.407 e. The number of ether oxygens (including phenoxy) is 1. The molecular weight excluding hydrogens is 498 g/mol. The number of hydrogen-bond acceptors (Lipinski definition) is 7. The second-order valence-electron chi connectivity index (χ2n) is 11.2. The number of amides is 2. The summed E-state index contributed by atoms with van der Waals surface area (Å²) in [6, 6.07) is 19.9. The molecule has 10 nitrogen and oxygen atoms in total. The van der Waals surface area contributed by atoms with Gasteiger partial charge in [-0.15, -0.1) is 0 Å². The van der Waals surface area contributed by atoms with Crippen LogP contribution < -0.4 is 10.6 Å². The summed E-state index contributed by atoms with van der Waals surface area (Å²) in [7, 11) is 0. The Morgan fingerprint density at radius 3 is 1.85 bits per heavy atom. The summed E-state index contributed by atoms with van der Waals surface area (Å²) < 4.78 is 5.18. The van der Waals surface area contributed by atoms with Crippen molar-refractivity contribution in [3.8, 4) is 0 Å². The van der Waals surface area contributed by atoms with E-state index in [2.05, 4.69) is 20.4 Å². The van der Waals surface area contributed by atoms with Crippen LogP contribution in [0.4, 0.5) is 4.79 Å². The van der Waals surface area contributed by atoms with Crippen molar-refractivity contribution < 1.29 is 19.2 Å². The van der Waals surface area contributed by atoms with E-state index in [0.717, 1.165) is 11.1 Å². The zero-order valence-electron chi connectivity index (χ0n) is 23.2. The van der Waals surface area contributed by atoms with E-state index in [4.69, 9.17) is 4.74 Å². The predicted octanol–water partition coefficient (Wildman–Crippen LogP) is 3.44. The van der Waals surface area contributed by atoms with Crippen molar-refractivity contribution in [3.05, 3.63) is 81.9 Å². The maximum absolute atomic E-state index is 12.7. The van der Waals surface area contributed by atoms with Crippen LogP contribution in [0.2, 0.25) is 0 Å². The minimum absolute atomic E-state index is 0.0196. The number of nitrogens with zero attached hydrogens (tertiary/aromatic N) is 3. The van der Waals surface area contributed by atoms with E-state index in [9.17, 15) is 19.7 Å². The molecule has 3 rings (SSSR count). The molecule has 1 aliphatic rings. The average molecular weight is 540 g/mol. The fourth-order valence-electron chi connectivity index (χ4n) is 4.76. The lowest BCUT2D eigenvalue weighted by atomic mass is 9.92. The highest BCUT2D eigenvalue weighted by Crippen LogP contribution is 2.26. The first-order valence-corrected chi connectivity index (χ1v) is 13.5. The van der Waals surface area contributed by atoms with E-state index in [0.29, 0.717) is 26.2 Å². The molecule has 0 unspecified atom stereocenters. The average Bonchev–Trinajstić information content (AvgIpc) is 3.05. The predicted molar refractivity (Wildman–Crippen MR) is 150 cm³/mol. The van der Waals surface area contributed by atoms with Crippen LogP contribution >= 0.6 is 0 Å². The largest absolute Gasteiger partial charge is 0.444 e. The summed E-state index contributed by atoms with van der Waals surface area (Å²) in [6.07, 6.45) is -0.423. The van der Waals surface area contributed by atoms with E-state index in [-0.39, 0.29) is 49.9 Å². The van der Waals surface area contributed by atoms with Gasteiger partial charge in [-0.3, -0.25) is 24.7 Å². The van der Waals surface area contributed by atoms with Crippen LogP contribution in [0.3, 0.4) is 0 Å². The molecule has 1 fully saturated rings. The van der Waals surface area contributed by atoms with Crippen molar-refractivity contribution >= 4 is 12.0 Å². The van der Waals surface area contributed by atoms with Gasteiger partial charge in [0.25, 0.3) is 0 Å². The van der Waals surface area contributed by atoms with Crippen LogP contribution in [0.25, 0.3) is 0 Å². The fourth-order valence-corrected chi connectivity index (χ4v) is 4.76. The van der Waals surface area contributed by atoms with Crippen LogP contribution in [-0.2, 0) is 22.6 Å². The van der Waals surface area contributed by atoms with E-state index in [1.54, 1.807) is 20.8 Å². The van der Waals surface area contributed by atoms with Crippen molar-refractivity contribution in [2.75, 3.05) is 39.3 Å². The van der Waals surface area contributed by atoms with Gasteiger partial charge in [-0.1, -0.05) is 60.7 Å². The van der Waals surface area contributed by atoms with Crippen molar-refractivity contribution in [2.24, 2.45) is 0 Å². The monoisotopic (exact) mass is 539 g/mol. The van der Waals surface area contributed by atoms with Crippen molar-refractivity contribution in [1.29, 1.82) is 0 Å². The normalized spacial score (nSPS) is 16.2. The number of benzene rings is 2. The molecule has 2 aromatic rings.